The summed E-state index contributed by atoms with van der Waals surface area (Å²) in [5, 5.41) is 52.7. The molecule has 0 saturated carbocycles. The van der Waals surface area contributed by atoms with E-state index in [0.717, 1.165) is 87.2 Å². The molecule has 0 aliphatic heterocycles. The number of phenolic OH excluding ortho intramolecular Hbond substituents is 3. The van der Waals surface area contributed by atoms with E-state index in [1.54, 1.807) is 143 Å². The van der Waals surface area contributed by atoms with Crippen LogP contribution in [0.1, 0.15) is 41.4 Å². The van der Waals surface area contributed by atoms with Crippen LogP contribution in [0.3, 0.4) is 0 Å². The van der Waals surface area contributed by atoms with Gasteiger partial charge in [0, 0.05) is 150 Å². The summed E-state index contributed by atoms with van der Waals surface area (Å²) in [5.41, 5.74) is 11.5. The molecule has 5 N–H and O–H groups in total. The number of fused-ring (bicyclic) bond motifs is 6. The molecular weight excluding hydrogens is 1510 g/mol. The fraction of sp³-hybridized carbons (Fsp3) is 0. The predicted octanol–water partition coefficient (Wildman–Crippen LogP) is 15.9. The van der Waals surface area contributed by atoms with Gasteiger partial charge in [-0.1, -0.05) is 155 Å². The average molecular weight is 1550 g/mol. The molecule has 11 nitrogen and oxygen atoms in total. The Labute approximate surface area is 585 Å². The molecule has 0 aliphatic carbocycles. The van der Waals surface area contributed by atoms with Crippen molar-refractivity contribution in [3.63, 3.8) is 0 Å². The highest BCUT2D eigenvalue weighted by Gasteiger charge is 2.23. The number of carboxylic acid groups (broad SMARTS) is 2. The summed E-state index contributed by atoms with van der Waals surface area (Å²) in [5.74, 6) is -1.28. The first-order valence-corrected chi connectivity index (χ1v) is 45.0. The number of halogens is 1. The number of imidazole rings is 1. The number of carbonyl (C=O) groups is 4. The van der Waals surface area contributed by atoms with Crippen LogP contribution in [0.5, 0.6) is 17.2 Å². The summed E-state index contributed by atoms with van der Waals surface area (Å²) in [6.07, 6.45) is 1.27. The highest BCUT2D eigenvalue weighted by molar-refractivity contribution is 9.10. The minimum absolute atomic E-state index is 0.0122. The van der Waals surface area contributed by atoms with Crippen molar-refractivity contribution in [2.75, 3.05) is 0 Å². The van der Waals surface area contributed by atoms with Gasteiger partial charge in [0.2, 0.25) is 0 Å². The number of hydrogen-bond donors (Lipinski definition) is 5. The van der Waals surface area contributed by atoms with Crippen LogP contribution in [0.4, 0.5) is 0 Å². The van der Waals surface area contributed by atoms with Gasteiger partial charge in [-0.05, 0) is 146 Å². The monoisotopic (exact) mass is 1550 g/mol. The Kier molecular flexibility index (Phi) is 26.5. The number of carboxylic acids is 2. The Balaban J connectivity index is 0.000000210. The fourth-order valence-electron chi connectivity index (χ4n) is 9.50. The number of hydrogen-bond acceptors (Lipinski definition) is 10. The van der Waals surface area contributed by atoms with Crippen LogP contribution >= 0.6 is 15.9 Å². The molecule has 1 heterocycles. The number of aromatic carboxylic acids is 2. The molecule has 0 radical (unpaired) electrons. The molecule has 0 amide bonds. The molecule has 0 saturated heterocycles. The largest absolute Gasteiger partial charge is 0.507 e. The smallest absolute Gasteiger partial charge is 0.335 e. The molecule has 26 heteroatoms. The van der Waals surface area contributed by atoms with E-state index in [9.17, 15) is 39.6 Å². The first kappa shape index (κ1) is 70.0. The lowest BCUT2D eigenvalue weighted by atomic mass is 9.93. The number of para-hydroxylation sites is 1. The van der Waals surface area contributed by atoms with Crippen molar-refractivity contribution in [3.05, 3.63) is 257 Å². The maximum atomic E-state index is 11.6. The van der Waals surface area contributed by atoms with Crippen LogP contribution in [-0.4, -0.2) is 59.6 Å². The topological polar surface area (TPSA) is 187 Å². The summed E-state index contributed by atoms with van der Waals surface area (Å²) >= 11 is 12.6. The van der Waals surface area contributed by atoms with Gasteiger partial charge in [0.05, 0.1) is 38.9 Å². The standard InChI is InChI=1S/C47H30N2O5.C13H10O2.C7H5BrO2.S14/c50-42-24-21-35(28-7-3-1-4-8-28)27-41(42)45-48-43-39-25-33(29-11-15-31(16-12-29)46(51)52)19-22-37(39)38-23-20-34(30-13-17-32(18-14-30)47(53)54)26-40(38)44(43)49(45)36-9-5-2-6-10-36;14-9-12-8-11(6-7-13(12)15)10-4-2-1-3-5-10;8-6-1-2-7(10)5(3-6)4-9;1-3-5-7-9-11-13-14-12-10-8-6-4-2/h1-27,50H,(H,51,52)(H,53,54);1-9,15H;1-4,10H;. The second-order valence-corrected chi connectivity index (χ2v) is 41.2. The second kappa shape index (κ2) is 35.2. The molecule has 93 heavy (non-hydrogen) atoms. The van der Waals surface area contributed by atoms with Gasteiger partial charge in [-0.25, -0.2) is 14.6 Å². The third-order valence-electron chi connectivity index (χ3n) is 13.7. The van der Waals surface area contributed by atoms with Crippen molar-refractivity contribution in [2.45, 2.75) is 0 Å². The molecule has 0 unspecified atom stereocenters. The molecule has 0 fully saturated rings. The Hall–Kier alpha value is -7.35. The van der Waals surface area contributed by atoms with Crippen molar-refractivity contribution in [1.82, 2.24) is 9.55 Å². The highest BCUT2D eigenvalue weighted by Crippen LogP contribution is 2.44. The van der Waals surface area contributed by atoms with Gasteiger partial charge in [0.25, 0.3) is 0 Å². The van der Waals surface area contributed by atoms with E-state index in [1.807, 2.05) is 140 Å². The fourth-order valence-corrected chi connectivity index (χ4v) is 37.3. The number of aromatic nitrogens is 2. The predicted molar refractivity (Wildman–Crippen MR) is 417 cm³/mol. The quantitative estimate of drug-likeness (QED) is 0.0645. The summed E-state index contributed by atoms with van der Waals surface area (Å²) in [6.45, 7) is 0. The summed E-state index contributed by atoms with van der Waals surface area (Å²) in [4.78, 5) is 49.5. The van der Waals surface area contributed by atoms with Gasteiger partial charge in [-0.2, -0.15) is 0 Å². The van der Waals surface area contributed by atoms with Crippen molar-refractivity contribution in [2.24, 2.45) is 0 Å². The first-order chi connectivity index (χ1) is 45.3. The van der Waals surface area contributed by atoms with Crippen molar-refractivity contribution < 1.29 is 44.7 Å². The minimum Gasteiger partial charge on any atom is -0.507 e. The molecule has 0 aliphatic rings. The third kappa shape index (κ3) is 18.5. The summed E-state index contributed by atoms with van der Waals surface area (Å²) < 4.78 is 2.89. The normalized spacial score (nSPS) is 10.2. The van der Waals surface area contributed by atoms with E-state index >= 15 is 0 Å². The molecule has 468 valence electrons. The molecular formula is C67H45BrN2O9S14. The number of carbonyl (C=O) groups excluding carboxylic acids is 2. The Morgan fingerprint density at radius 1 is 0.398 bits per heavy atom. The zero-order valence-corrected chi connectivity index (χ0v) is 60.5. The second-order valence-electron chi connectivity index (χ2n) is 19.1. The van der Waals surface area contributed by atoms with Crippen molar-refractivity contribution in [3.8, 4) is 78.8 Å². The molecule has 0 bridgehead atoms. The number of benzene rings is 11. The van der Waals surface area contributed by atoms with E-state index in [-0.39, 0.29) is 28.4 Å². The molecule has 0 atom stereocenters. The molecule has 12 rings (SSSR count). The Bertz CT molecular complexity index is 5350. The Morgan fingerprint density at radius 3 is 1.24 bits per heavy atom. The van der Waals surface area contributed by atoms with E-state index < -0.39 is 11.9 Å². The van der Waals surface area contributed by atoms with Crippen LogP contribution in [0.15, 0.2) is 235 Å². The zero-order chi connectivity index (χ0) is 65.6. The van der Waals surface area contributed by atoms with Crippen molar-refractivity contribution >= 4 is 202 Å². The van der Waals surface area contributed by atoms with Gasteiger partial charge in [-0.15, -0.1) is 0 Å². The number of rotatable bonds is 10. The average Bonchev–Trinajstić information content (AvgIpc) is 1.62. The summed E-state index contributed by atoms with van der Waals surface area (Å²) in [6, 6.07) is 71.1. The number of aldehydes is 2. The van der Waals surface area contributed by atoms with Crippen LogP contribution in [0.2, 0.25) is 0 Å². The minimum atomic E-state index is -0.982. The Morgan fingerprint density at radius 2 is 0.774 bits per heavy atom. The highest BCUT2D eigenvalue weighted by atomic mass is 79.9. The maximum Gasteiger partial charge on any atom is 0.335 e. The summed E-state index contributed by atoms with van der Waals surface area (Å²) in [7, 11) is 19.9. The molecule has 0 spiro atoms. The van der Waals surface area contributed by atoms with E-state index in [0.29, 0.717) is 35.1 Å². The first-order valence-electron chi connectivity index (χ1n) is 26.9. The number of nitrogens with zero attached hydrogens (tertiary/aromatic N) is 2. The maximum absolute atomic E-state index is 11.6. The van der Waals surface area contributed by atoms with Crippen LogP contribution < -0.4 is 0 Å². The van der Waals surface area contributed by atoms with E-state index in [4.69, 9.17) is 32.5 Å². The zero-order valence-electron chi connectivity index (χ0n) is 47.5. The lowest BCUT2D eigenvalue weighted by Gasteiger charge is -2.15. The van der Waals surface area contributed by atoms with Gasteiger partial charge in [-0.3, -0.25) is 14.2 Å². The van der Waals surface area contributed by atoms with E-state index in [2.05, 4.69) is 44.8 Å². The molecule has 1 aromatic heterocycles. The molecule has 12 aromatic rings. The van der Waals surface area contributed by atoms with Crippen molar-refractivity contribution in [1.29, 1.82) is 0 Å². The van der Waals surface area contributed by atoms with Gasteiger partial charge >= 0.3 is 11.9 Å². The number of aromatic hydroxyl groups is 3. The van der Waals surface area contributed by atoms with Crippen LogP contribution in [0, 0.1) is 0 Å². The van der Waals surface area contributed by atoms with E-state index in [1.165, 1.54) is 29.9 Å². The number of phenols is 3. The third-order valence-corrected chi connectivity index (χ3v) is 38.6. The lowest BCUT2D eigenvalue weighted by molar-refractivity contribution is 0.0686. The van der Waals surface area contributed by atoms with Gasteiger partial charge in [0.1, 0.15) is 23.1 Å². The van der Waals surface area contributed by atoms with Gasteiger partial charge < -0.3 is 25.5 Å². The van der Waals surface area contributed by atoms with Crippen LogP contribution in [-0.2, 0) is 129 Å². The SMILES string of the molecule is O=C(O)c1ccc(-c2ccc3c4ccc(-c5ccc(C(=O)O)cc5)cc4c4c(nc(-c5cc(-c6ccccc6)ccc5O)n4-c4ccccc4)c3c2)cc1.O=Cc1cc(-c2ccccc2)ccc1O.O=Cc1cc(Br)ccc1O.S=S=S=S=S=S=S=S=S=S=S=S=S=S. The van der Waals surface area contributed by atoms with Gasteiger partial charge in [0.15, 0.2) is 12.6 Å². The molecule has 11 aromatic carbocycles. The lowest BCUT2D eigenvalue weighted by Crippen LogP contribution is -1.99. The van der Waals surface area contributed by atoms with Crippen LogP contribution in [0.25, 0.3) is 94.2 Å².